The quantitative estimate of drug-likeness (QED) is 0.880. The molecule has 1 aromatic rings. The van der Waals surface area contributed by atoms with E-state index < -0.39 is 0 Å². The molecule has 4 heteroatoms. The van der Waals surface area contributed by atoms with E-state index in [1.165, 1.54) is 12.1 Å². The Balaban J connectivity index is 1.93. The maximum atomic E-state index is 5.77. The Kier molecular flexibility index (Phi) is 5.48. The van der Waals surface area contributed by atoms with Gasteiger partial charge in [0.2, 0.25) is 0 Å². The monoisotopic (exact) mass is 264 g/mol. The molecule has 0 aliphatic carbocycles. The van der Waals surface area contributed by atoms with Crippen molar-refractivity contribution >= 4 is 5.69 Å². The fourth-order valence-corrected chi connectivity index (χ4v) is 2.34. The number of rotatable bonds is 5. The van der Waals surface area contributed by atoms with Crippen molar-refractivity contribution in [3.8, 4) is 5.75 Å². The zero-order valence-corrected chi connectivity index (χ0v) is 11.9. The molecule has 1 saturated heterocycles. The Labute approximate surface area is 115 Å². The standard InChI is InChI=1S/C15H24N2O2/c1-13(12-18-2)19-15-6-4-14(5-7-15)17-10-3-8-16-9-11-17/h4-7,13,16H,3,8-12H2,1-2H3. The number of nitrogens with zero attached hydrogens (tertiary/aromatic N) is 1. The summed E-state index contributed by atoms with van der Waals surface area (Å²) in [7, 11) is 1.69. The largest absolute Gasteiger partial charge is 0.488 e. The third-order valence-electron chi connectivity index (χ3n) is 3.28. The maximum absolute atomic E-state index is 5.77. The van der Waals surface area contributed by atoms with Gasteiger partial charge >= 0.3 is 0 Å². The van der Waals surface area contributed by atoms with E-state index in [0.29, 0.717) is 6.61 Å². The van der Waals surface area contributed by atoms with Crippen molar-refractivity contribution in [2.75, 3.05) is 44.8 Å². The molecule has 1 heterocycles. The van der Waals surface area contributed by atoms with E-state index in [9.17, 15) is 0 Å². The van der Waals surface area contributed by atoms with Gasteiger partial charge in [-0.25, -0.2) is 0 Å². The van der Waals surface area contributed by atoms with Crippen LogP contribution in [0, 0.1) is 0 Å². The number of hydrogen-bond donors (Lipinski definition) is 1. The second-order valence-corrected chi connectivity index (χ2v) is 4.97. The van der Waals surface area contributed by atoms with E-state index in [1.807, 2.05) is 19.1 Å². The van der Waals surface area contributed by atoms with Crippen molar-refractivity contribution in [2.45, 2.75) is 19.4 Å². The normalized spacial score (nSPS) is 17.9. The average molecular weight is 264 g/mol. The average Bonchev–Trinajstić information content (AvgIpc) is 2.69. The molecule has 1 N–H and O–H groups in total. The van der Waals surface area contributed by atoms with Crippen LogP contribution in [-0.4, -0.2) is 46.0 Å². The molecular formula is C15H24N2O2. The van der Waals surface area contributed by atoms with Crippen molar-refractivity contribution < 1.29 is 9.47 Å². The van der Waals surface area contributed by atoms with E-state index in [4.69, 9.17) is 9.47 Å². The molecule has 1 atom stereocenters. The van der Waals surface area contributed by atoms with Gasteiger partial charge in [0.1, 0.15) is 11.9 Å². The highest BCUT2D eigenvalue weighted by atomic mass is 16.5. The van der Waals surface area contributed by atoms with Gasteiger partial charge in [-0.3, -0.25) is 0 Å². The van der Waals surface area contributed by atoms with Gasteiger partial charge in [-0.2, -0.15) is 0 Å². The molecule has 1 fully saturated rings. The van der Waals surface area contributed by atoms with Crippen LogP contribution in [0.2, 0.25) is 0 Å². The summed E-state index contributed by atoms with van der Waals surface area (Å²) in [5.74, 6) is 0.904. The molecule has 0 spiro atoms. The molecule has 1 aliphatic heterocycles. The SMILES string of the molecule is COCC(C)Oc1ccc(N2CCCNCC2)cc1. The van der Waals surface area contributed by atoms with E-state index in [0.717, 1.165) is 31.9 Å². The van der Waals surface area contributed by atoms with Gasteiger partial charge < -0.3 is 19.7 Å². The summed E-state index contributed by atoms with van der Waals surface area (Å²) in [5.41, 5.74) is 1.27. The summed E-state index contributed by atoms with van der Waals surface area (Å²) < 4.78 is 10.8. The van der Waals surface area contributed by atoms with Gasteiger partial charge in [0, 0.05) is 32.4 Å². The zero-order chi connectivity index (χ0) is 13.5. The molecule has 106 valence electrons. The van der Waals surface area contributed by atoms with Crippen LogP contribution in [0.4, 0.5) is 5.69 Å². The number of anilines is 1. The predicted octanol–water partition coefficient (Wildman–Crippen LogP) is 1.90. The summed E-state index contributed by atoms with van der Waals surface area (Å²) >= 11 is 0. The topological polar surface area (TPSA) is 33.7 Å². The van der Waals surface area contributed by atoms with Crippen LogP contribution >= 0.6 is 0 Å². The van der Waals surface area contributed by atoms with Crippen molar-refractivity contribution in [1.82, 2.24) is 5.32 Å². The Morgan fingerprint density at radius 1 is 1.21 bits per heavy atom. The highest BCUT2D eigenvalue weighted by molar-refractivity contribution is 5.49. The Bertz CT molecular complexity index is 359. The lowest BCUT2D eigenvalue weighted by molar-refractivity contribution is 0.0921. The molecule has 0 radical (unpaired) electrons. The van der Waals surface area contributed by atoms with Crippen LogP contribution in [0.15, 0.2) is 24.3 Å². The molecule has 1 aliphatic rings. The van der Waals surface area contributed by atoms with E-state index in [2.05, 4.69) is 22.3 Å². The minimum absolute atomic E-state index is 0.0817. The highest BCUT2D eigenvalue weighted by Crippen LogP contribution is 2.20. The Morgan fingerprint density at radius 3 is 2.74 bits per heavy atom. The van der Waals surface area contributed by atoms with Crippen LogP contribution in [0.25, 0.3) is 0 Å². The molecule has 0 amide bonds. The summed E-state index contributed by atoms with van der Waals surface area (Å²) in [6.07, 6.45) is 1.28. The van der Waals surface area contributed by atoms with Crippen LogP contribution in [0.1, 0.15) is 13.3 Å². The first-order valence-corrected chi connectivity index (χ1v) is 7.01. The first-order chi connectivity index (χ1) is 9.29. The predicted molar refractivity (Wildman–Crippen MR) is 78.1 cm³/mol. The number of ether oxygens (including phenoxy) is 2. The van der Waals surface area contributed by atoms with Gasteiger partial charge in [0.15, 0.2) is 0 Å². The molecule has 0 aromatic heterocycles. The Hall–Kier alpha value is -1.26. The fourth-order valence-electron chi connectivity index (χ4n) is 2.34. The third-order valence-corrected chi connectivity index (χ3v) is 3.28. The molecule has 1 unspecified atom stereocenters. The van der Waals surface area contributed by atoms with E-state index in [-0.39, 0.29) is 6.10 Å². The number of methoxy groups -OCH3 is 1. The molecular weight excluding hydrogens is 240 g/mol. The third kappa shape index (κ3) is 4.40. The molecule has 2 rings (SSSR count). The minimum Gasteiger partial charge on any atom is -0.488 e. The maximum Gasteiger partial charge on any atom is 0.119 e. The highest BCUT2D eigenvalue weighted by Gasteiger charge is 2.10. The molecule has 1 aromatic carbocycles. The van der Waals surface area contributed by atoms with E-state index in [1.54, 1.807) is 7.11 Å². The molecule has 0 bridgehead atoms. The second-order valence-electron chi connectivity index (χ2n) is 4.97. The lowest BCUT2D eigenvalue weighted by Gasteiger charge is -2.22. The number of hydrogen-bond acceptors (Lipinski definition) is 4. The van der Waals surface area contributed by atoms with E-state index >= 15 is 0 Å². The van der Waals surface area contributed by atoms with Crippen molar-refractivity contribution in [3.63, 3.8) is 0 Å². The van der Waals surface area contributed by atoms with Gasteiger partial charge in [-0.1, -0.05) is 0 Å². The first-order valence-electron chi connectivity index (χ1n) is 7.01. The van der Waals surface area contributed by atoms with Gasteiger partial charge in [0.25, 0.3) is 0 Å². The summed E-state index contributed by atoms with van der Waals surface area (Å²) in [4.78, 5) is 2.42. The van der Waals surface area contributed by atoms with Gasteiger partial charge in [-0.15, -0.1) is 0 Å². The van der Waals surface area contributed by atoms with Crippen LogP contribution < -0.4 is 15.0 Å². The van der Waals surface area contributed by atoms with Crippen LogP contribution in [-0.2, 0) is 4.74 Å². The number of nitrogens with one attached hydrogen (secondary N) is 1. The fraction of sp³-hybridized carbons (Fsp3) is 0.600. The lowest BCUT2D eigenvalue weighted by atomic mass is 10.2. The summed E-state index contributed by atoms with van der Waals surface area (Å²) in [6, 6.07) is 8.36. The summed E-state index contributed by atoms with van der Waals surface area (Å²) in [5, 5.41) is 3.42. The molecule has 4 nitrogen and oxygen atoms in total. The Morgan fingerprint density at radius 2 is 2.00 bits per heavy atom. The van der Waals surface area contributed by atoms with Crippen molar-refractivity contribution in [2.24, 2.45) is 0 Å². The van der Waals surface area contributed by atoms with Crippen molar-refractivity contribution in [3.05, 3.63) is 24.3 Å². The summed E-state index contributed by atoms with van der Waals surface area (Å²) in [6.45, 7) is 6.99. The first kappa shape index (κ1) is 14.2. The number of benzene rings is 1. The van der Waals surface area contributed by atoms with Crippen LogP contribution in [0.3, 0.4) is 0 Å². The smallest absolute Gasteiger partial charge is 0.119 e. The molecule has 0 saturated carbocycles. The minimum atomic E-state index is 0.0817. The van der Waals surface area contributed by atoms with Gasteiger partial charge in [-0.05, 0) is 44.2 Å². The van der Waals surface area contributed by atoms with Crippen molar-refractivity contribution in [1.29, 1.82) is 0 Å². The second kappa shape index (κ2) is 7.36. The van der Waals surface area contributed by atoms with Crippen LogP contribution in [0.5, 0.6) is 5.75 Å². The van der Waals surface area contributed by atoms with Gasteiger partial charge in [0.05, 0.1) is 6.61 Å². The lowest BCUT2D eigenvalue weighted by Crippen LogP contribution is -2.27. The zero-order valence-electron chi connectivity index (χ0n) is 11.9. The molecule has 19 heavy (non-hydrogen) atoms.